The van der Waals surface area contributed by atoms with Crippen molar-refractivity contribution in [2.24, 2.45) is 0 Å². The number of para-hydroxylation sites is 1. The molecule has 3 heteroatoms. The van der Waals surface area contributed by atoms with Gasteiger partial charge in [0.1, 0.15) is 11.2 Å². The van der Waals surface area contributed by atoms with Gasteiger partial charge >= 0.3 is 0 Å². The molecule has 0 fully saturated rings. The molecule has 0 amide bonds. The van der Waals surface area contributed by atoms with Crippen molar-refractivity contribution in [3.8, 4) is 67.3 Å². The number of nitrogens with zero attached hydrogens (tertiary/aromatic N) is 2. The van der Waals surface area contributed by atoms with Gasteiger partial charge in [0, 0.05) is 27.5 Å². The van der Waals surface area contributed by atoms with Crippen molar-refractivity contribution in [2.45, 2.75) is 5.41 Å². The van der Waals surface area contributed by atoms with Gasteiger partial charge in [-0.3, -0.25) is 0 Å². The van der Waals surface area contributed by atoms with Crippen molar-refractivity contribution >= 4 is 21.9 Å². The first-order valence-corrected chi connectivity index (χ1v) is 21.1. The molecule has 0 saturated carbocycles. The summed E-state index contributed by atoms with van der Waals surface area (Å²) in [5.74, 6) is 0.671. The second-order valence-electron chi connectivity index (χ2n) is 16.1. The van der Waals surface area contributed by atoms with E-state index in [9.17, 15) is 0 Å². The molecule has 1 aliphatic rings. The molecule has 62 heavy (non-hydrogen) atoms. The van der Waals surface area contributed by atoms with Gasteiger partial charge in [-0.25, -0.2) is 9.97 Å². The molecule has 0 radical (unpaired) electrons. The zero-order chi connectivity index (χ0) is 41.0. The Kier molecular flexibility index (Phi) is 8.39. The van der Waals surface area contributed by atoms with Gasteiger partial charge in [0.15, 0.2) is 5.82 Å². The van der Waals surface area contributed by atoms with E-state index in [4.69, 9.17) is 14.4 Å². The Bertz CT molecular complexity index is 3410. The lowest BCUT2D eigenvalue weighted by molar-refractivity contribution is 0.669. The summed E-state index contributed by atoms with van der Waals surface area (Å²) in [6.45, 7) is 0. The van der Waals surface area contributed by atoms with Gasteiger partial charge in [-0.1, -0.05) is 182 Å². The second-order valence-corrected chi connectivity index (χ2v) is 16.1. The fourth-order valence-electron chi connectivity index (χ4n) is 9.82. The number of fused-ring (bicyclic) bond motifs is 6. The molecule has 0 N–H and O–H groups in total. The quantitative estimate of drug-likeness (QED) is 0.161. The van der Waals surface area contributed by atoms with Crippen LogP contribution in [0, 0.1) is 0 Å². The second kappa shape index (κ2) is 14.5. The van der Waals surface area contributed by atoms with Crippen LogP contribution in [0.4, 0.5) is 0 Å². The Hall–Kier alpha value is -8.14. The standard InChI is InChI=1S/C59H38N2O/c1-5-18-39(19-6-1)42-34-43(47-28-17-29-50-48-26-13-15-30-52(48)59(57(47)50,45-22-9-3-10-23-45)46-24-11-4-12-25-46)36-44(35-42)54-38-53(60-58(61-54)40-20-7-2-8-21-40)41-32-33-56-51(37-41)49-27-14-16-31-55(49)62-56/h1-38H. The molecule has 12 rings (SSSR count). The summed E-state index contributed by atoms with van der Waals surface area (Å²) >= 11 is 0. The molecular weight excluding hydrogens is 753 g/mol. The van der Waals surface area contributed by atoms with E-state index >= 15 is 0 Å². The number of furan rings is 1. The van der Waals surface area contributed by atoms with Gasteiger partial charge in [-0.15, -0.1) is 0 Å². The van der Waals surface area contributed by atoms with Gasteiger partial charge in [0.25, 0.3) is 0 Å². The van der Waals surface area contributed by atoms with E-state index in [2.05, 4.69) is 200 Å². The highest BCUT2D eigenvalue weighted by atomic mass is 16.3. The number of hydrogen-bond acceptors (Lipinski definition) is 3. The summed E-state index contributed by atoms with van der Waals surface area (Å²) in [4.78, 5) is 10.6. The maximum atomic E-state index is 6.23. The third kappa shape index (κ3) is 5.74. The van der Waals surface area contributed by atoms with Crippen LogP contribution in [0.15, 0.2) is 235 Å². The minimum Gasteiger partial charge on any atom is -0.456 e. The molecule has 3 nitrogen and oxygen atoms in total. The number of aromatic nitrogens is 2. The van der Waals surface area contributed by atoms with Crippen molar-refractivity contribution in [1.29, 1.82) is 0 Å². The van der Waals surface area contributed by atoms with Gasteiger partial charge in [0.05, 0.1) is 16.8 Å². The molecule has 290 valence electrons. The third-order valence-electron chi connectivity index (χ3n) is 12.6. The molecule has 0 bridgehead atoms. The predicted octanol–water partition coefficient (Wildman–Crippen LogP) is 15.1. The lowest BCUT2D eigenvalue weighted by Crippen LogP contribution is -2.29. The Morgan fingerprint density at radius 2 is 0.871 bits per heavy atom. The minimum absolute atomic E-state index is 0.563. The summed E-state index contributed by atoms with van der Waals surface area (Å²) in [5.41, 5.74) is 17.9. The van der Waals surface area contributed by atoms with Crippen LogP contribution < -0.4 is 0 Å². The predicted molar refractivity (Wildman–Crippen MR) is 254 cm³/mol. The lowest BCUT2D eigenvalue weighted by atomic mass is 9.66. The zero-order valence-electron chi connectivity index (χ0n) is 33.7. The summed E-state index contributed by atoms with van der Waals surface area (Å²) in [6.07, 6.45) is 0. The lowest BCUT2D eigenvalue weighted by Gasteiger charge is -2.35. The Morgan fingerprint density at radius 3 is 1.61 bits per heavy atom. The van der Waals surface area contributed by atoms with Crippen LogP contribution in [0.2, 0.25) is 0 Å². The number of benzene rings is 9. The van der Waals surface area contributed by atoms with Gasteiger partial charge < -0.3 is 4.42 Å². The average molecular weight is 791 g/mol. The largest absolute Gasteiger partial charge is 0.456 e. The number of hydrogen-bond donors (Lipinski definition) is 0. The monoisotopic (exact) mass is 790 g/mol. The Morgan fingerprint density at radius 1 is 0.323 bits per heavy atom. The first kappa shape index (κ1) is 35.8. The molecule has 0 spiro atoms. The highest BCUT2D eigenvalue weighted by Gasteiger charge is 2.47. The molecule has 9 aromatic carbocycles. The Balaban J connectivity index is 1.13. The van der Waals surface area contributed by atoms with Crippen LogP contribution in [-0.2, 0) is 5.41 Å². The summed E-state index contributed by atoms with van der Waals surface area (Å²) in [6, 6.07) is 82.5. The fraction of sp³-hybridized carbons (Fsp3) is 0.0169. The van der Waals surface area contributed by atoms with E-state index in [1.165, 1.54) is 38.9 Å². The molecule has 0 unspecified atom stereocenters. The Labute approximate surface area is 360 Å². The van der Waals surface area contributed by atoms with E-state index in [1.54, 1.807) is 0 Å². The highest BCUT2D eigenvalue weighted by Crippen LogP contribution is 2.59. The van der Waals surface area contributed by atoms with Gasteiger partial charge in [-0.05, 0) is 104 Å². The number of rotatable bonds is 7. The fourth-order valence-corrected chi connectivity index (χ4v) is 9.82. The van der Waals surface area contributed by atoms with E-state index in [0.717, 1.165) is 66.7 Å². The molecule has 0 atom stereocenters. The molecule has 0 saturated heterocycles. The first-order valence-electron chi connectivity index (χ1n) is 21.1. The van der Waals surface area contributed by atoms with Gasteiger partial charge in [0.2, 0.25) is 0 Å². The molecule has 1 aliphatic carbocycles. The SMILES string of the molecule is c1ccc(-c2cc(-c3cc(-c4ccc5oc6ccccc6c5c4)nc(-c4ccccc4)n3)cc(-c3cccc4c3C(c3ccccc3)(c3ccccc3)c3ccccc3-4)c2)cc1. The zero-order valence-corrected chi connectivity index (χ0v) is 33.7. The van der Waals surface area contributed by atoms with Crippen molar-refractivity contribution in [2.75, 3.05) is 0 Å². The van der Waals surface area contributed by atoms with E-state index in [-0.39, 0.29) is 0 Å². The molecule has 2 aromatic heterocycles. The van der Waals surface area contributed by atoms with Crippen molar-refractivity contribution in [1.82, 2.24) is 9.97 Å². The third-order valence-corrected chi connectivity index (χ3v) is 12.6. The average Bonchev–Trinajstić information content (AvgIpc) is 3.88. The highest BCUT2D eigenvalue weighted by molar-refractivity contribution is 6.06. The van der Waals surface area contributed by atoms with E-state index in [0.29, 0.717) is 5.82 Å². The first-order chi connectivity index (χ1) is 30.7. The van der Waals surface area contributed by atoms with E-state index < -0.39 is 5.41 Å². The smallest absolute Gasteiger partial charge is 0.160 e. The molecule has 0 aliphatic heterocycles. The van der Waals surface area contributed by atoms with Gasteiger partial charge in [-0.2, -0.15) is 0 Å². The summed E-state index contributed by atoms with van der Waals surface area (Å²) < 4.78 is 6.23. The molecule has 2 heterocycles. The van der Waals surface area contributed by atoms with Crippen molar-refractivity contribution in [3.05, 3.63) is 253 Å². The van der Waals surface area contributed by atoms with Crippen LogP contribution >= 0.6 is 0 Å². The van der Waals surface area contributed by atoms with E-state index in [1.807, 2.05) is 30.3 Å². The topological polar surface area (TPSA) is 38.9 Å². The van der Waals surface area contributed by atoms with Crippen LogP contribution in [0.3, 0.4) is 0 Å². The van der Waals surface area contributed by atoms with Crippen LogP contribution in [0.25, 0.3) is 89.2 Å². The van der Waals surface area contributed by atoms with Crippen molar-refractivity contribution < 1.29 is 4.42 Å². The normalized spacial score (nSPS) is 12.6. The maximum absolute atomic E-state index is 6.23. The minimum atomic E-state index is -0.563. The molecular formula is C59H38N2O. The van der Waals surface area contributed by atoms with Crippen LogP contribution in [-0.4, -0.2) is 9.97 Å². The summed E-state index contributed by atoms with van der Waals surface area (Å²) in [5, 5.41) is 2.15. The summed E-state index contributed by atoms with van der Waals surface area (Å²) in [7, 11) is 0. The molecule has 11 aromatic rings. The van der Waals surface area contributed by atoms with Crippen LogP contribution in [0.5, 0.6) is 0 Å². The van der Waals surface area contributed by atoms with Crippen LogP contribution in [0.1, 0.15) is 22.3 Å². The maximum Gasteiger partial charge on any atom is 0.160 e. The van der Waals surface area contributed by atoms with Crippen molar-refractivity contribution in [3.63, 3.8) is 0 Å².